The molecule has 80 valence electrons. The van der Waals surface area contributed by atoms with Gasteiger partial charge in [-0.2, -0.15) is 0 Å². The van der Waals surface area contributed by atoms with E-state index in [1.807, 2.05) is 0 Å². The van der Waals surface area contributed by atoms with Gasteiger partial charge in [0.25, 0.3) is 0 Å². The van der Waals surface area contributed by atoms with Gasteiger partial charge in [0.1, 0.15) is 0 Å². The highest BCUT2D eigenvalue weighted by Crippen LogP contribution is 2.29. The van der Waals surface area contributed by atoms with Crippen LogP contribution in [0.15, 0.2) is 24.3 Å². The second-order valence-corrected chi connectivity index (χ2v) is 4.67. The zero-order valence-electron chi connectivity index (χ0n) is 9.24. The van der Waals surface area contributed by atoms with Crippen LogP contribution >= 0.6 is 0 Å². The Bertz CT molecular complexity index is 361. The number of rotatable bonds is 2. The standard InChI is InChI=1S/C13H18N2/c1-2-10-4-3-5-12(6-10)15-9-11-7-13(15)8-14-11/h3-6,11,13-14H,2,7-9H2,1H3. The normalized spacial score (nSPS) is 28.7. The third kappa shape index (κ3) is 1.53. The van der Waals surface area contributed by atoms with Gasteiger partial charge in [0.05, 0.1) is 0 Å². The fourth-order valence-electron chi connectivity index (χ4n) is 2.83. The molecule has 1 aromatic carbocycles. The first kappa shape index (κ1) is 9.22. The molecule has 0 aliphatic carbocycles. The van der Waals surface area contributed by atoms with Crippen molar-refractivity contribution >= 4 is 5.69 Å². The molecule has 0 spiro atoms. The monoisotopic (exact) mass is 202 g/mol. The molecule has 0 radical (unpaired) electrons. The van der Waals surface area contributed by atoms with E-state index in [4.69, 9.17) is 0 Å². The highest BCUT2D eigenvalue weighted by atomic mass is 15.3. The summed E-state index contributed by atoms with van der Waals surface area (Å²) in [7, 11) is 0. The molecule has 2 heterocycles. The van der Waals surface area contributed by atoms with Crippen LogP contribution in [0.1, 0.15) is 18.9 Å². The Morgan fingerprint density at radius 3 is 3.07 bits per heavy atom. The molecule has 2 bridgehead atoms. The summed E-state index contributed by atoms with van der Waals surface area (Å²) in [6.07, 6.45) is 2.46. The number of aryl methyl sites for hydroxylation is 1. The van der Waals surface area contributed by atoms with Crippen molar-refractivity contribution in [3.05, 3.63) is 29.8 Å². The molecule has 3 rings (SSSR count). The first-order valence-corrected chi connectivity index (χ1v) is 5.96. The van der Waals surface area contributed by atoms with E-state index in [9.17, 15) is 0 Å². The minimum absolute atomic E-state index is 0.736. The highest BCUT2D eigenvalue weighted by molar-refractivity contribution is 5.51. The molecular formula is C13H18N2. The van der Waals surface area contributed by atoms with Crippen molar-refractivity contribution in [2.45, 2.75) is 31.8 Å². The van der Waals surface area contributed by atoms with E-state index in [1.165, 1.54) is 30.8 Å². The van der Waals surface area contributed by atoms with Crippen molar-refractivity contribution < 1.29 is 0 Å². The minimum Gasteiger partial charge on any atom is -0.366 e. The number of nitrogens with zero attached hydrogens (tertiary/aromatic N) is 1. The summed E-state index contributed by atoms with van der Waals surface area (Å²) in [5.74, 6) is 0. The molecule has 1 aromatic rings. The van der Waals surface area contributed by atoms with Crippen molar-refractivity contribution in [1.29, 1.82) is 0 Å². The van der Waals surface area contributed by atoms with Crippen LogP contribution < -0.4 is 10.2 Å². The molecule has 1 N–H and O–H groups in total. The van der Waals surface area contributed by atoms with Crippen LogP contribution in [0.2, 0.25) is 0 Å². The second-order valence-electron chi connectivity index (χ2n) is 4.67. The van der Waals surface area contributed by atoms with Gasteiger partial charge in [-0.25, -0.2) is 0 Å². The third-order valence-electron chi connectivity index (χ3n) is 3.71. The predicted molar refractivity (Wildman–Crippen MR) is 63.4 cm³/mol. The second kappa shape index (κ2) is 3.53. The molecule has 0 aromatic heterocycles. The summed E-state index contributed by atoms with van der Waals surface area (Å²) in [4.78, 5) is 2.57. The highest BCUT2D eigenvalue weighted by Gasteiger charge is 2.37. The number of fused-ring (bicyclic) bond motifs is 2. The van der Waals surface area contributed by atoms with Crippen LogP contribution in [0, 0.1) is 0 Å². The van der Waals surface area contributed by atoms with E-state index in [2.05, 4.69) is 41.4 Å². The first-order chi connectivity index (χ1) is 7.36. The van der Waals surface area contributed by atoms with Crippen LogP contribution in [0.4, 0.5) is 5.69 Å². The molecule has 2 heteroatoms. The van der Waals surface area contributed by atoms with Gasteiger partial charge >= 0.3 is 0 Å². The van der Waals surface area contributed by atoms with Crippen molar-refractivity contribution in [1.82, 2.24) is 5.32 Å². The molecule has 2 unspecified atom stereocenters. The van der Waals surface area contributed by atoms with Gasteiger partial charge in [-0.15, -0.1) is 0 Å². The molecule has 2 atom stereocenters. The quantitative estimate of drug-likeness (QED) is 0.786. The molecule has 2 fully saturated rings. The predicted octanol–water partition coefficient (Wildman–Crippen LogP) is 1.80. The summed E-state index contributed by atoms with van der Waals surface area (Å²) in [6, 6.07) is 10.5. The Morgan fingerprint density at radius 1 is 1.47 bits per heavy atom. The number of anilines is 1. The number of hydrogen-bond donors (Lipinski definition) is 1. The molecule has 0 amide bonds. The van der Waals surface area contributed by atoms with Crippen LogP contribution in [-0.4, -0.2) is 25.2 Å². The van der Waals surface area contributed by atoms with Crippen molar-refractivity contribution in [2.24, 2.45) is 0 Å². The van der Waals surface area contributed by atoms with E-state index in [-0.39, 0.29) is 0 Å². The van der Waals surface area contributed by atoms with Crippen LogP contribution in [0.3, 0.4) is 0 Å². The maximum absolute atomic E-state index is 3.54. The smallest absolute Gasteiger partial charge is 0.0430 e. The molecule has 2 nitrogen and oxygen atoms in total. The van der Waals surface area contributed by atoms with E-state index in [1.54, 1.807) is 0 Å². The Hall–Kier alpha value is -1.02. The number of nitrogens with one attached hydrogen (secondary N) is 1. The van der Waals surface area contributed by atoms with Crippen molar-refractivity contribution in [3.8, 4) is 0 Å². The van der Waals surface area contributed by atoms with Gasteiger partial charge in [-0.3, -0.25) is 0 Å². The zero-order chi connectivity index (χ0) is 10.3. The summed E-state index contributed by atoms with van der Waals surface area (Å²) >= 11 is 0. The summed E-state index contributed by atoms with van der Waals surface area (Å²) in [6.45, 7) is 4.58. The summed E-state index contributed by atoms with van der Waals surface area (Å²) in [5, 5.41) is 3.54. The lowest BCUT2D eigenvalue weighted by Crippen LogP contribution is -2.43. The van der Waals surface area contributed by atoms with Crippen LogP contribution in [-0.2, 0) is 6.42 Å². The minimum atomic E-state index is 0.736. The lowest BCUT2D eigenvalue weighted by molar-refractivity contribution is 0.580. The summed E-state index contributed by atoms with van der Waals surface area (Å²) < 4.78 is 0. The Morgan fingerprint density at radius 2 is 2.40 bits per heavy atom. The van der Waals surface area contributed by atoms with Gasteiger partial charge in [-0.1, -0.05) is 19.1 Å². The first-order valence-electron chi connectivity index (χ1n) is 5.96. The van der Waals surface area contributed by atoms with Gasteiger partial charge < -0.3 is 10.2 Å². The van der Waals surface area contributed by atoms with E-state index in [0.717, 1.165) is 18.5 Å². The van der Waals surface area contributed by atoms with Gasteiger partial charge in [0.2, 0.25) is 0 Å². The zero-order valence-corrected chi connectivity index (χ0v) is 9.24. The van der Waals surface area contributed by atoms with Crippen LogP contribution in [0.5, 0.6) is 0 Å². The van der Waals surface area contributed by atoms with Crippen molar-refractivity contribution in [2.75, 3.05) is 18.0 Å². The average Bonchev–Trinajstić information content (AvgIpc) is 2.91. The SMILES string of the molecule is CCc1cccc(N2CC3CC2CN3)c1. The maximum Gasteiger partial charge on any atom is 0.0430 e. The summed E-state index contributed by atoms with van der Waals surface area (Å²) in [5.41, 5.74) is 2.87. The largest absolute Gasteiger partial charge is 0.366 e. The molecule has 2 aliphatic heterocycles. The lowest BCUT2D eigenvalue weighted by atomic mass is 10.1. The third-order valence-corrected chi connectivity index (χ3v) is 3.71. The van der Waals surface area contributed by atoms with Gasteiger partial charge in [0.15, 0.2) is 0 Å². The van der Waals surface area contributed by atoms with Crippen LogP contribution in [0.25, 0.3) is 0 Å². The molecule has 2 saturated heterocycles. The lowest BCUT2D eigenvalue weighted by Gasteiger charge is -2.29. The Kier molecular flexibility index (Phi) is 2.17. The van der Waals surface area contributed by atoms with E-state index >= 15 is 0 Å². The fourth-order valence-corrected chi connectivity index (χ4v) is 2.83. The molecular weight excluding hydrogens is 184 g/mol. The maximum atomic E-state index is 3.54. The van der Waals surface area contributed by atoms with Crippen molar-refractivity contribution in [3.63, 3.8) is 0 Å². The van der Waals surface area contributed by atoms with Gasteiger partial charge in [0, 0.05) is 30.9 Å². The van der Waals surface area contributed by atoms with Gasteiger partial charge in [-0.05, 0) is 30.5 Å². The van der Waals surface area contributed by atoms with E-state index < -0.39 is 0 Å². The Balaban J connectivity index is 1.86. The molecule has 15 heavy (non-hydrogen) atoms. The Labute approximate surface area is 91.3 Å². The number of piperazine rings is 1. The van der Waals surface area contributed by atoms with E-state index in [0.29, 0.717) is 0 Å². The molecule has 2 aliphatic rings. The topological polar surface area (TPSA) is 15.3 Å². The molecule has 0 saturated carbocycles. The average molecular weight is 202 g/mol. The number of benzene rings is 1. The fraction of sp³-hybridized carbons (Fsp3) is 0.538. The number of hydrogen-bond acceptors (Lipinski definition) is 2.